The molecule has 0 amide bonds. The number of benzene rings is 3. The van der Waals surface area contributed by atoms with Crippen LogP contribution in [0.15, 0.2) is 95.9 Å². The summed E-state index contributed by atoms with van der Waals surface area (Å²) in [6, 6.07) is 26.1. The van der Waals surface area contributed by atoms with E-state index in [1.807, 2.05) is 83.4 Å². The highest BCUT2D eigenvalue weighted by Gasteiger charge is 2.24. The number of aromatic hydroxyl groups is 1. The monoisotopic (exact) mass is 509 g/mol. The van der Waals surface area contributed by atoms with Crippen LogP contribution >= 0.6 is 0 Å². The van der Waals surface area contributed by atoms with Crippen LogP contribution in [-0.2, 0) is 13.2 Å². The Balaban J connectivity index is 1.49. The number of fused-ring (bicyclic) bond motifs is 1. The number of rotatable bonds is 8. The molecular weight excluding hydrogens is 480 g/mol. The lowest BCUT2D eigenvalue weighted by atomic mass is 10.1. The first-order chi connectivity index (χ1) is 18.5. The number of hydrogen-bond donors (Lipinski definition) is 1. The van der Waals surface area contributed by atoms with Crippen LogP contribution in [0.4, 0.5) is 0 Å². The fraction of sp³-hybridized carbons (Fsp3) is 0.161. The second-order valence-electron chi connectivity index (χ2n) is 8.94. The molecule has 0 radical (unpaired) electrons. The molecule has 192 valence electrons. The van der Waals surface area contributed by atoms with Crippen LogP contribution in [0.3, 0.4) is 0 Å². The Labute approximate surface area is 220 Å². The number of phenolic OH excluding ortho intramolecular Hbond substituents is 1. The van der Waals surface area contributed by atoms with E-state index >= 15 is 0 Å². The van der Waals surface area contributed by atoms with Gasteiger partial charge in [-0.15, -0.1) is 0 Å². The van der Waals surface area contributed by atoms with Crippen molar-refractivity contribution in [2.75, 3.05) is 14.2 Å². The number of pyridine rings is 1. The number of nitrogens with zero attached hydrogens (tertiary/aromatic N) is 2. The van der Waals surface area contributed by atoms with Crippen molar-refractivity contribution in [1.29, 1.82) is 0 Å². The van der Waals surface area contributed by atoms with E-state index in [1.54, 1.807) is 37.8 Å². The van der Waals surface area contributed by atoms with E-state index < -0.39 is 0 Å². The summed E-state index contributed by atoms with van der Waals surface area (Å²) < 4.78 is 20.6. The molecule has 0 bridgehead atoms. The molecule has 38 heavy (non-hydrogen) atoms. The van der Waals surface area contributed by atoms with Gasteiger partial charge < -0.3 is 19.3 Å². The van der Waals surface area contributed by atoms with Crippen molar-refractivity contribution in [3.05, 3.63) is 118 Å². The van der Waals surface area contributed by atoms with E-state index in [9.17, 15) is 9.90 Å². The van der Waals surface area contributed by atoms with Crippen molar-refractivity contribution in [3.63, 3.8) is 0 Å². The van der Waals surface area contributed by atoms with Crippen molar-refractivity contribution in [2.24, 2.45) is 0 Å². The molecule has 3 aromatic carbocycles. The standard InChI is InChI=1S/C31H28N2O5/c1-21-30(25-11-4-5-12-26(25)34)32-16-7-6-13-29(32)33(31(21)35)19-22-14-15-27(28(18-22)37-3)38-20-23-9-8-10-24(17-23)36-2/h4-18H,19-20H2,1-3H3/p+1. The normalized spacial score (nSPS) is 10.9. The topological polar surface area (TPSA) is 74.0 Å². The minimum atomic E-state index is -0.133. The second kappa shape index (κ2) is 10.7. The largest absolute Gasteiger partial charge is 0.507 e. The van der Waals surface area contributed by atoms with Gasteiger partial charge in [0.1, 0.15) is 24.7 Å². The molecule has 2 aromatic heterocycles. The van der Waals surface area contributed by atoms with E-state index in [2.05, 4.69) is 0 Å². The van der Waals surface area contributed by atoms with Crippen LogP contribution < -0.4 is 24.2 Å². The fourth-order valence-electron chi connectivity index (χ4n) is 4.63. The zero-order valence-corrected chi connectivity index (χ0v) is 21.5. The molecule has 5 rings (SSSR count). The van der Waals surface area contributed by atoms with E-state index in [-0.39, 0.29) is 11.3 Å². The third-order valence-electron chi connectivity index (χ3n) is 6.53. The summed E-state index contributed by atoms with van der Waals surface area (Å²) in [7, 11) is 3.23. The molecule has 7 heteroatoms. The first-order valence-corrected chi connectivity index (χ1v) is 12.2. The number of hydrogen-bond acceptors (Lipinski definition) is 5. The van der Waals surface area contributed by atoms with Crippen molar-refractivity contribution < 1.29 is 23.7 Å². The molecule has 0 spiro atoms. The lowest BCUT2D eigenvalue weighted by molar-refractivity contribution is -0.504. The minimum absolute atomic E-state index is 0.125. The van der Waals surface area contributed by atoms with Crippen LogP contribution in [0.5, 0.6) is 23.0 Å². The van der Waals surface area contributed by atoms with Crippen molar-refractivity contribution in [3.8, 4) is 34.3 Å². The first-order valence-electron chi connectivity index (χ1n) is 12.2. The Morgan fingerprint density at radius 2 is 1.66 bits per heavy atom. The fourth-order valence-corrected chi connectivity index (χ4v) is 4.63. The molecule has 0 aliphatic heterocycles. The van der Waals surface area contributed by atoms with Gasteiger partial charge >= 0.3 is 5.56 Å². The second-order valence-corrected chi connectivity index (χ2v) is 8.94. The molecule has 0 atom stereocenters. The Hall–Kier alpha value is -4.78. The average molecular weight is 510 g/mol. The molecule has 0 fully saturated rings. The van der Waals surface area contributed by atoms with Crippen molar-refractivity contribution >= 4 is 5.65 Å². The maximum absolute atomic E-state index is 13.6. The summed E-state index contributed by atoms with van der Waals surface area (Å²) in [5, 5.41) is 10.5. The highest BCUT2D eigenvalue weighted by atomic mass is 16.5. The number of para-hydroxylation sites is 1. The molecule has 0 aliphatic rings. The maximum Gasteiger partial charge on any atom is 0.341 e. The molecule has 1 N–H and O–H groups in total. The third-order valence-corrected chi connectivity index (χ3v) is 6.53. The van der Waals surface area contributed by atoms with Gasteiger partial charge in [-0.25, -0.2) is 4.79 Å². The number of aromatic nitrogens is 2. The lowest BCUT2D eigenvalue weighted by Crippen LogP contribution is -2.38. The predicted molar refractivity (Wildman–Crippen MR) is 145 cm³/mol. The molecule has 0 unspecified atom stereocenters. The Morgan fingerprint density at radius 1 is 0.842 bits per heavy atom. The van der Waals surface area contributed by atoms with Crippen LogP contribution in [0.2, 0.25) is 0 Å². The summed E-state index contributed by atoms with van der Waals surface area (Å²) in [5.74, 6) is 2.09. The number of ether oxygens (including phenoxy) is 3. The lowest BCUT2D eigenvalue weighted by Gasteiger charge is -2.14. The zero-order chi connectivity index (χ0) is 26.6. The molecule has 7 nitrogen and oxygen atoms in total. The van der Waals surface area contributed by atoms with Gasteiger partial charge in [0.2, 0.25) is 0 Å². The first kappa shape index (κ1) is 24.9. The molecule has 0 saturated heterocycles. The van der Waals surface area contributed by atoms with Gasteiger partial charge in [0.15, 0.2) is 17.2 Å². The summed E-state index contributed by atoms with van der Waals surface area (Å²) in [6.45, 7) is 2.48. The predicted octanol–water partition coefficient (Wildman–Crippen LogP) is 4.91. The quantitative estimate of drug-likeness (QED) is 0.301. The Kier molecular flexibility index (Phi) is 7.00. The van der Waals surface area contributed by atoms with Crippen molar-refractivity contribution in [1.82, 2.24) is 4.57 Å². The molecule has 5 aromatic rings. The van der Waals surface area contributed by atoms with E-state index in [1.165, 1.54) is 0 Å². The average Bonchev–Trinajstić information content (AvgIpc) is 2.95. The van der Waals surface area contributed by atoms with Gasteiger partial charge in [-0.1, -0.05) is 36.4 Å². The zero-order valence-electron chi connectivity index (χ0n) is 21.5. The van der Waals surface area contributed by atoms with Crippen LogP contribution in [0.25, 0.3) is 16.9 Å². The van der Waals surface area contributed by atoms with Gasteiger partial charge in [0.05, 0.1) is 31.5 Å². The van der Waals surface area contributed by atoms with Crippen LogP contribution in [0.1, 0.15) is 16.7 Å². The van der Waals surface area contributed by atoms with Gasteiger partial charge in [0, 0.05) is 6.07 Å². The highest BCUT2D eigenvalue weighted by Crippen LogP contribution is 2.30. The van der Waals surface area contributed by atoms with E-state index in [0.29, 0.717) is 47.1 Å². The molecule has 0 aliphatic carbocycles. The molecule has 2 heterocycles. The SMILES string of the molecule is COc1cccc(COc2ccc(Cn3c(=O)c(C)c(-c4ccccc4O)[n+]4ccccc34)cc2OC)c1. The highest BCUT2D eigenvalue weighted by molar-refractivity contribution is 5.67. The number of methoxy groups -OCH3 is 2. The minimum Gasteiger partial charge on any atom is -0.507 e. The van der Waals surface area contributed by atoms with Gasteiger partial charge in [0.25, 0.3) is 5.65 Å². The molecular formula is C31H29N2O5+. The van der Waals surface area contributed by atoms with Crippen LogP contribution in [0, 0.1) is 6.92 Å². The number of phenols is 1. The van der Waals surface area contributed by atoms with E-state index in [4.69, 9.17) is 14.2 Å². The van der Waals surface area contributed by atoms with Gasteiger partial charge in [-0.05, 0) is 60.5 Å². The third kappa shape index (κ3) is 4.78. The summed E-state index contributed by atoms with van der Waals surface area (Å²) in [6.07, 6.45) is 1.90. The van der Waals surface area contributed by atoms with E-state index in [0.717, 1.165) is 16.9 Å². The summed E-state index contributed by atoms with van der Waals surface area (Å²) in [4.78, 5) is 13.6. The smallest absolute Gasteiger partial charge is 0.341 e. The Bertz CT molecular complexity index is 1680. The molecule has 0 saturated carbocycles. The summed E-state index contributed by atoms with van der Waals surface area (Å²) in [5.41, 5.74) is 4.25. The van der Waals surface area contributed by atoms with Crippen molar-refractivity contribution in [2.45, 2.75) is 20.1 Å². The maximum atomic E-state index is 13.6. The van der Waals surface area contributed by atoms with Gasteiger partial charge in [-0.2, -0.15) is 8.97 Å². The Morgan fingerprint density at radius 3 is 2.45 bits per heavy atom. The summed E-state index contributed by atoms with van der Waals surface area (Å²) >= 11 is 0. The van der Waals surface area contributed by atoms with Crippen LogP contribution in [-0.4, -0.2) is 23.9 Å². The van der Waals surface area contributed by atoms with Gasteiger partial charge in [-0.3, -0.25) is 0 Å².